The monoisotopic (exact) mass is 288 g/mol. The summed E-state index contributed by atoms with van der Waals surface area (Å²) in [5.41, 5.74) is 1.13. The number of nitrogens with one attached hydrogen (secondary N) is 1. The van der Waals surface area contributed by atoms with Crippen LogP contribution >= 0.6 is 0 Å². The zero-order chi connectivity index (χ0) is 15.2. The number of carbonyl (C=O) groups excluding carboxylic acids is 1. The normalized spacial score (nSPS) is 10.6. The van der Waals surface area contributed by atoms with Gasteiger partial charge in [0.25, 0.3) is 0 Å². The Morgan fingerprint density at radius 3 is 2.48 bits per heavy atom. The number of allylic oxidation sites excluding steroid dienone is 1. The molecule has 0 unspecified atom stereocenters. The Bertz CT molecular complexity index is 648. The number of ether oxygens (including phenoxy) is 3. The summed E-state index contributed by atoms with van der Waals surface area (Å²) in [6.45, 7) is 0. The third kappa shape index (κ3) is 3.05. The van der Waals surface area contributed by atoms with Gasteiger partial charge in [-0.25, -0.2) is 4.98 Å². The van der Waals surface area contributed by atoms with E-state index in [2.05, 4.69) is 9.97 Å². The number of H-pyrrole nitrogens is 1. The summed E-state index contributed by atoms with van der Waals surface area (Å²) >= 11 is 0. The third-order valence-electron chi connectivity index (χ3n) is 2.90. The standard InChI is InChI=1S/C15H16N2O4/c1-19-13-7-5-11(14(20-2)15(13)21-3)12(18)6-4-10-8-16-9-17-10/h4-9H,1-3H3,(H,16,17)/b6-4+. The van der Waals surface area contributed by atoms with E-state index >= 15 is 0 Å². The van der Waals surface area contributed by atoms with Crippen molar-refractivity contribution in [2.75, 3.05) is 21.3 Å². The number of nitrogens with zero attached hydrogens (tertiary/aromatic N) is 1. The maximum Gasteiger partial charge on any atom is 0.204 e. The molecule has 0 aliphatic heterocycles. The van der Waals surface area contributed by atoms with Gasteiger partial charge in [-0.2, -0.15) is 0 Å². The molecule has 0 saturated heterocycles. The minimum atomic E-state index is -0.206. The van der Waals surface area contributed by atoms with Crippen LogP contribution in [0.2, 0.25) is 0 Å². The molecular formula is C15H16N2O4. The first-order valence-corrected chi connectivity index (χ1v) is 6.21. The van der Waals surface area contributed by atoms with Crippen LogP contribution in [-0.2, 0) is 0 Å². The zero-order valence-electron chi connectivity index (χ0n) is 12.0. The molecular weight excluding hydrogens is 272 g/mol. The predicted octanol–water partition coefficient (Wildman–Crippen LogP) is 2.33. The third-order valence-corrected chi connectivity index (χ3v) is 2.90. The van der Waals surface area contributed by atoms with E-state index < -0.39 is 0 Å². The van der Waals surface area contributed by atoms with Crippen LogP contribution in [0.15, 0.2) is 30.7 Å². The Hall–Kier alpha value is -2.76. The van der Waals surface area contributed by atoms with Crippen LogP contribution in [0.25, 0.3) is 6.08 Å². The Morgan fingerprint density at radius 2 is 1.90 bits per heavy atom. The van der Waals surface area contributed by atoms with Crippen LogP contribution in [-0.4, -0.2) is 37.1 Å². The largest absolute Gasteiger partial charge is 0.493 e. The first-order chi connectivity index (χ1) is 10.2. The van der Waals surface area contributed by atoms with Gasteiger partial charge in [-0.15, -0.1) is 0 Å². The minimum absolute atomic E-state index is 0.206. The van der Waals surface area contributed by atoms with E-state index in [0.29, 0.717) is 22.8 Å². The van der Waals surface area contributed by atoms with E-state index in [4.69, 9.17) is 14.2 Å². The van der Waals surface area contributed by atoms with Gasteiger partial charge in [0.2, 0.25) is 5.75 Å². The van der Waals surface area contributed by atoms with Crippen molar-refractivity contribution >= 4 is 11.9 Å². The molecule has 1 aromatic heterocycles. The number of ketones is 1. The molecule has 0 saturated carbocycles. The highest BCUT2D eigenvalue weighted by atomic mass is 16.5. The second kappa shape index (κ2) is 6.60. The van der Waals surface area contributed by atoms with Crippen LogP contribution in [0.3, 0.4) is 0 Å². The van der Waals surface area contributed by atoms with E-state index in [0.717, 1.165) is 5.69 Å². The van der Waals surface area contributed by atoms with Crippen LogP contribution in [0.4, 0.5) is 0 Å². The zero-order valence-corrected chi connectivity index (χ0v) is 12.0. The topological polar surface area (TPSA) is 73.4 Å². The molecule has 0 radical (unpaired) electrons. The number of methoxy groups -OCH3 is 3. The van der Waals surface area contributed by atoms with E-state index in [1.54, 1.807) is 30.7 Å². The number of imidazole rings is 1. The van der Waals surface area contributed by atoms with E-state index in [9.17, 15) is 4.79 Å². The van der Waals surface area contributed by atoms with E-state index in [1.165, 1.54) is 27.4 Å². The number of hydrogen-bond acceptors (Lipinski definition) is 5. The van der Waals surface area contributed by atoms with Gasteiger partial charge in [0, 0.05) is 0 Å². The summed E-state index contributed by atoms with van der Waals surface area (Å²) < 4.78 is 15.7. The summed E-state index contributed by atoms with van der Waals surface area (Å²) in [6, 6.07) is 3.30. The molecule has 0 spiro atoms. The van der Waals surface area contributed by atoms with Gasteiger partial charge in [0.1, 0.15) is 0 Å². The Morgan fingerprint density at radius 1 is 1.14 bits per heavy atom. The maximum atomic E-state index is 12.3. The van der Waals surface area contributed by atoms with Crippen molar-refractivity contribution in [1.29, 1.82) is 0 Å². The molecule has 110 valence electrons. The number of aromatic nitrogens is 2. The molecule has 0 bridgehead atoms. The molecule has 2 aromatic rings. The predicted molar refractivity (Wildman–Crippen MR) is 78.1 cm³/mol. The first-order valence-electron chi connectivity index (χ1n) is 6.21. The molecule has 0 aliphatic rings. The summed E-state index contributed by atoms with van der Waals surface area (Å²) in [6.07, 6.45) is 6.25. The van der Waals surface area contributed by atoms with E-state index in [-0.39, 0.29) is 5.78 Å². The van der Waals surface area contributed by atoms with Gasteiger partial charge < -0.3 is 19.2 Å². The van der Waals surface area contributed by atoms with Crippen molar-refractivity contribution in [1.82, 2.24) is 9.97 Å². The van der Waals surface area contributed by atoms with Gasteiger partial charge in [-0.05, 0) is 24.3 Å². The summed E-state index contributed by atoms with van der Waals surface area (Å²) in [5, 5.41) is 0. The lowest BCUT2D eigenvalue weighted by atomic mass is 10.1. The molecule has 21 heavy (non-hydrogen) atoms. The lowest BCUT2D eigenvalue weighted by Crippen LogP contribution is -2.02. The van der Waals surface area contributed by atoms with Crippen molar-refractivity contribution in [2.45, 2.75) is 0 Å². The van der Waals surface area contributed by atoms with Gasteiger partial charge in [0.05, 0.1) is 45.1 Å². The SMILES string of the molecule is COc1ccc(C(=O)/C=C/c2cnc[nH]2)c(OC)c1OC. The molecule has 2 rings (SSSR count). The second-order valence-electron chi connectivity index (χ2n) is 4.09. The summed E-state index contributed by atoms with van der Waals surface area (Å²) in [5.74, 6) is 1.03. The number of carbonyl (C=O) groups is 1. The fraction of sp³-hybridized carbons (Fsp3) is 0.200. The maximum absolute atomic E-state index is 12.3. The van der Waals surface area contributed by atoms with Crippen LogP contribution < -0.4 is 14.2 Å². The van der Waals surface area contributed by atoms with Gasteiger partial charge >= 0.3 is 0 Å². The van der Waals surface area contributed by atoms with Crippen molar-refractivity contribution in [3.8, 4) is 17.2 Å². The van der Waals surface area contributed by atoms with Crippen molar-refractivity contribution < 1.29 is 19.0 Å². The molecule has 1 heterocycles. The lowest BCUT2D eigenvalue weighted by molar-refractivity contribution is 0.104. The number of rotatable bonds is 6. The van der Waals surface area contributed by atoms with Gasteiger partial charge in [-0.1, -0.05) is 0 Å². The van der Waals surface area contributed by atoms with E-state index in [1.807, 2.05) is 0 Å². The highest BCUT2D eigenvalue weighted by Crippen LogP contribution is 2.39. The average molecular weight is 288 g/mol. The fourth-order valence-corrected chi connectivity index (χ4v) is 1.91. The quantitative estimate of drug-likeness (QED) is 0.652. The number of benzene rings is 1. The molecule has 1 aromatic carbocycles. The Labute approximate surface area is 122 Å². The Balaban J connectivity index is 2.36. The van der Waals surface area contributed by atoms with Crippen LogP contribution in [0.1, 0.15) is 16.1 Å². The highest BCUT2D eigenvalue weighted by molar-refractivity contribution is 6.09. The summed E-state index contributed by atoms with van der Waals surface area (Å²) in [7, 11) is 4.50. The molecule has 1 N–H and O–H groups in total. The van der Waals surface area contributed by atoms with Crippen molar-refractivity contribution in [2.24, 2.45) is 0 Å². The molecule has 0 amide bonds. The van der Waals surface area contributed by atoms with Gasteiger partial charge in [0.15, 0.2) is 17.3 Å². The fourth-order valence-electron chi connectivity index (χ4n) is 1.91. The van der Waals surface area contributed by atoms with Crippen molar-refractivity contribution in [3.05, 3.63) is 42.0 Å². The summed E-state index contributed by atoms with van der Waals surface area (Å²) in [4.78, 5) is 19.1. The molecule has 0 aliphatic carbocycles. The average Bonchev–Trinajstić information content (AvgIpc) is 3.04. The highest BCUT2D eigenvalue weighted by Gasteiger charge is 2.19. The van der Waals surface area contributed by atoms with Gasteiger partial charge in [-0.3, -0.25) is 4.79 Å². The second-order valence-corrected chi connectivity index (χ2v) is 4.09. The first kappa shape index (κ1) is 14.6. The smallest absolute Gasteiger partial charge is 0.204 e. The van der Waals surface area contributed by atoms with Crippen molar-refractivity contribution in [3.63, 3.8) is 0 Å². The molecule has 6 heteroatoms. The molecule has 0 fully saturated rings. The van der Waals surface area contributed by atoms with Crippen LogP contribution in [0.5, 0.6) is 17.2 Å². The number of aromatic amines is 1. The van der Waals surface area contributed by atoms with Crippen LogP contribution in [0, 0.1) is 0 Å². The number of hydrogen-bond donors (Lipinski definition) is 1. The Kier molecular flexibility index (Phi) is 4.61. The molecule has 6 nitrogen and oxygen atoms in total. The molecule has 0 atom stereocenters. The lowest BCUT2D eigenvalue weighted by Gasteiger charge is -2.14. The minimum Gasteiger partial charge on any atom is -0.493 e.